The molecule has 0 unspecified atom stereocenters. The summed E-state index contributed by atoms with van der Waals surface area (Å²) in [5, 5.41) is 2.44. The van der Waals surface area contributed by atoms with Gasteiger partial charge >= 0.3 is 5.76 Å². The van der Waals surface area contributed by atoms with Crippen molar-refractivity contribution in [3.8, 4) is 0 Å². The highest BCUT2D eigenvalue weighted by atomic mass is 32.2. The first-order valence-electron chi connectivity index (χ1n) is 9.67. The van der Waals surface area contributed by atoms with E-state index in [2.05, 4.69) is 5.32 Å². The second kappa shape index (κ2) is 7.87. The molecule has 2 aromatic carbocycles. The molecule has 0 saturated heterocycles. The van der Waals surface area contributed by atoms with Gasteiger partial charge in [-0.05, 0) is 49.2 Å². The molecule has 3 aromatic rings. The van der Waals surface area contributed by atoms with E-state index in [9.17, 15) is 18.0 Å². The minimum atomic E-state index is -3.31. The number of benzene rings is 2. The highest BCUT2D eigenvalue weighted by molar-refractivity contribution is 7.92. The van der Waals surface area contributed by atoms with Crippen LogP contribution in [-0.2, 0) is 21.2 Å². The topological polar surface area (TPSA) is 98.4 Å². The number of para-hydroxylation sites is 2. The fraction of sp³-hybridized carbons (Fsp3) is 0.333. The van der Waals surface area contributed by atoms with Crippen LogP contribution in [0.4, 0.5) is 5.69 Å². The van der Waals surface area contributed by atoms with Crippen LogP contribution >= 0.6 is 0 Å². The van der Waals surface area contributed by atoms with Crippen molar-refractivity contribution in [2.45, 2.75) is 48.8 Å². The van der Waals surface area contributed by atoms with Crippen LogP contribution in [0.25, 0.3) is 11.1 Å². The van der Waals surface area contributed by atoms with Gasteiger partial charge < -0.3 is 9.73 Å². The number of nitrogens with zero attached hydrogens (tertiary/aromatic N) is 1. The Kier molecular flexibility index (Phi) is 5.27. The number of anilines is 1. The second-order valence-corrected chi connectivity index (χ2v) is 9.49. The third-order valence-electron chi connectivity index (χ3n) is 5.34. The van der Waals surface area contributed by atoms with Gasteiger partial charge in [-0.1, -0.05) is 25.0 Å². The van der Waals surface area contributed by atoms with Crippen molar-refractivity contribution in [1.29, 1.82) is 0 Å². The molecule has 0 atom stereocenters. The van der Waals surface area contributed by atoms with Gasteiger partial charge in [-0.3, -0.25) is 9.36 Å². The summed E-state index contributed by atoms with van der Waals surface area (Å²) in [6.45, 7) is 0.190. The Morgan fingerprint density at radius 3 is 2.48 bits per heavy atom. The molecule has 8 heteroatoms. The molecule has 1 fully saturated rings. The van der Waals surface area contributed by atoms with E-state index in [4.69, 9.17) is 4.42 Å². The first kappa shape index (κ1) is 19.4. The molecule has 0 bridgehead atoms. The molecule has 1 aromatic heterocycles. The van der Waals surface area contributed by atoms with E-state index in [1.807, 2.05) is 0 Å². The van der Waals surface area contributed by atoms with Crippen molar-refractivity contribution in [2.24, 2.45) is 0 Å². The molecule has 1 aliphatic carbocycles. The molecule has 4 rings (SSSR count). The number of hydrogen-bond acceptors (Lipinski definition) is 5. The van der Waals surface area contributed by atoms with Crippen molar-refractivity contribution in [3.63, 3.8) is 0 Å². The maximum Gasteiger partial charge on any atom is 0.419 e. The molecule has 1 N–H and O–H groups in total. The quantitative estimate of drug-likeness (QED) is 0.667. The lowest BCUT2D eigenvalue weighted by atomic mass is 10.3. The van der Waals surface area contributed by atoms with E-state index < -0.39 is 15.6 Å². The van der Waals surface area contributed by atoms with E-state index in [1.165, 1.54) is 16.7 Å². The number of carbonyl (C=O) groups excluding carboxylic acids is 1. The molecule has 1 aliphatic rings. The number of oxazole rings is 1. The monoisotopic (exact) mass is 414 g/mol. The van der Waals surface area contributed by atoms with Crippen LogP contribution in [-0.4, -0.2) is 24.1 Å². The number of aromatic nitrogens is 1. The molecule has 1 amide bonds. The number of fused-ring (bicyclic) bond motifs is 1. The molecule has 1 saturated carbocycles. The Labute approximate surface area is 168 Å². The van der Waals surface area contributed by atoms with Crippen LogP contribution in [0.2, 0.25) is 0 Å². The summed E-state index contributed by atoms with van der Waals surface area (Å²) in [4.78, 5) is 24.5. The summed E-state index contributed by atoms with van der Waals surface area (Å²) in [5.41, 5.74) is 1.65. The smallest absolute Gasteiger partial charge is 0.408 e. The van der Waals surface area contributed by atoms with Crippen molar-refractivity contribution in [1.82, 2.24) is 4.57 Å². The van der Waals surface area contributed by atoms with Gasteiger partial charge in [-0.2, -0.15) is 0 Å². The zero-order valence-corrected chi connectivity index (χ0v) is 16.7. The van der Waals surface area contributed by atoms with E-state index in [1.54, 1.807) is 36.4 Å². The minimum absolute atomic E-state index is 0.0888. The van der Waals surface area contributed by atoms with Gasteiger partial charge in [0.2, 0.25) is 5.91 Å². The molecule has 152 valence electrons. The van der Waals surface area contributed by atoms with Gasteiger partial charge in [0.15, 0.2) is 15.4 Å². The average molecular weight is 414 g/mol. The van der Waals surface area contributed by atoms with Crippen molar-refractivity contribution < 1.29 is 17.6 Å². The Morgan fingerprint density at radius 1 is 1.07 bits per heavy atom. The third-order valence-corrected chi connectivity index (χ3v) is 7.62. The fourth-order valence-corrected chi connectivity index (χ4v) is 5.64. The van der Waals surface area contributed by atoms with Gasteiger partial charge in [0.05, 0.1) is 15.7 Å². The number of nitrogens with one attached hydrogen (secondary N) is 1. The standard InChI is InChI=1S/C21H22N2O5S/c24-20(13-14-23-18-7-3-4-8-19(18)28-21(23)25)22-15-9-11-17(12-10-15)29(26,27)16-5-1-2-6-16/h3-4,7-12,16H,1-2,5-6,13-14H2,(H,22,24). The first-order valence-corrected chi connectivity index (χ1v) is 11.2. The van der Waals surface area contributed by atoms with Gasteiger partial charge in [-0.15, -0.1) is 0 Å². The molecular weight excluding hydrogens is 392 g/mol. The Hall–Kier alpha value is -2.87. The highest BCUT2D eigenvalue weighted by Gasteiger charge is 2.30. The molecule has 29 heavy (non-hydrogen) atoms. The number of aryl methyl sites for hydroxylation is 1. The largest absolute Gasteiger partial charge is 0.419 e. The van der Waals surface area contributed by atoms with Gasteiger partial charge in [0.1, 0.15) is 0 Å². The molecule has 0 radical (unpaired) electrons. The Morgan fingerprint density at radius 2 is 1.76 bits per heavy atom. The number of rotatable bonds is 6. The van der Waals surface area contributed by atoms with Gasteiger partial charge in [-0.25, -0.2) is 13.2 Å². The molecule has 0 spiro atoms. The van der Waals surface area contributed by atoms with Gasteiger partial charge in [0.25, 0.3) is 0 Å². The fourth-order valence-electron chi connectivity index (χ4n) is 3.78. The van der Waals surface area contributed by atoms with E-state index in [-0.39, 0.29) is 24.1 Å². The molecule has 1 heterocycles. The van der Waals surface area contributed by atoms with Crippen molar-refractivity contribution in [2.75, 3.05) is 5.32 Å². The van der Waals surface area contributed by atoms with Crippen LogP contribution in [0.1, 0.15) is 32.1 Å². The summed E-state index contributed by atoms with van der Waals surface area (Å²) in [7, 11) is -3.31. The molecule has 0 aliphatic heterocycles. The Balaban J connectivity index is 1.40. The lowest BCUT2D eigenvalue weighted by Gasteiger charge is -2.12. The lowest BCUT2D eigenvalue weighted by Crippen LogP contribution is -2.20. The third kappa shape index (κ3) is 3.98. The zero-order chi connectivity index (χ0) is 20.4. The maximum absolute atomic E-state index is 12.6. The minimum Gasteiger partial charge on any atom is -0.408 e. The SMILES string of the molecule is O=C(CCn1c(=O)oc2ccccc21)Nc1ccc(S(=O)(=O)C2CCCC2)cc1. The predicted octanol–water partition coefficient (Wildman–Crippen LogP) is 3.34. The predicted molar refractivity (Wildman–Crippen MR) is 110 cm³/mol. The van der Waals surface area contributed by atoms with E-state index in [0.29, 0.717) is 34.5 Å². The van der Waals surface area contributed by atoms with E-state index >= 15 is 0 Å². The summed E-state index contributed by atoms with van der Waals surface area (Å²) < 4.78 is 31.8. The van der Waals surface area contributed by atoms with Crippen molar-refractivity contribution in [3.05, 3.63) is 59.1 Å². The van der Waals surface area contributed by atoms with Crippen molar-refractivity contribution >= 4 is 32.5 Å². The average Bonchev–Trinajstić information content (AvgIpc) is 3.35. The summed E-state index contributed by atoms with van der Waals surface area (Å²) in [6.07, 6.45) is 3.41. The van der Waals surface area contributed by atoms with Crippen LogP contribution < -0.4 is 11.1 Å². The van der Waals surface area contributed by atoms with Gasteiger partial charge in [0, 0.05) is 18.7 Å². The second-order valence-electron chi connectivity index (χ2n) is 7.26. The number of sulfone groups is 1. The lowest BCUT2D eigenvalue weighted by molar-refractivity contribution is -0.116. The number of amides is 1. The number of carbonyl (C=O) groups is 1. The molecule has 7 nitrogen and oxygen atoms in total. The van der Waals surface area contributed by atoms with Crippen LogP contribution in [0.15, 0.2) is 62.6 Å². The number of hydrogen-bond donors (Lipinski definition) is 1. The zero-order valence-electron chi connectivity index (χ0n) is 15.8. The van der Waals surface area contributed by atoms with Crippen LogP contribution in [0, 0.1) is 0 Å². The van der Waals surface area contributed by atoms with E-state index in [0.717, 1.165) is 12.8 Å². The molecular formula is C21H22N2O5S. The maximum atomic E-state index is 12.6. The van der Waals surface area contributed by atoms with Crippen LogP contribution in [0.5, 0.6) is 0 Å². The normalized spacial score (nSPS) is 15.0. The Bertz CT molecular complexity index is 1190. The summed E-state index contributed by atoms with van der Waals surface area (Å²) in [6, 6.07) is 13.3. The first-order chi connectivity index (χ1) is 13.9. The summed E-state index contributed by atoms with van der Waals surface area (Å²) >= 11 is 0. The highest BCUT2D eigenvalue weighted by Crippen LogP contribution is 2.30. The van der Waals surface area contributed by atoms with Crippen LogP contribution in [0.3, 0.4) is 0 Å². The summed E-state index contributed by atoms with van der Waals surface area (Å²) in [5.74, 6) is -0.769.